The van der Waals surface area contributed by atoms with Crippen molar-refractivity contribution in [1.82, 2.24) is 14.7 Å². The molecule has 0 aliphatic carbocycles. The van der Waals surface area contributed by atoms with Gasteiger partial charge < -0.3 is 19.5 Å². The number of piperidine rings is 1. The number of hydrogen-bond acceptors (Lipinski definition) is 5. The quantitative estimate of drug-likeness (QED) is 0.797. The van der Waals surface area contributed by atoms with Crippen LogP contribution in [-0.4, -0.2) is 58.1 Å². The van der Waals surface area contributed by atoms with Gasteiger partial charge in [-0.05, 0) is 44.4 Å². The number of ether oxygens (including phenoxy) is 2. The molecule has 2 atom stereocenters. The summed E-state index contributed by atoms with van der Waals surface area (Å²) in [4.78, 5) is 14.5. The standard InChI is InChI=1S/C21H28FN3O4/c1-13-16(14(2)24(3)23-13)6-8-21(27)25-10-9-17(26)20(12-25)29-18-7-5-15(22)11-19(18)28-4/h5,7,11,17,20,26H,6,8-10,12H2,1-4H3/t17-,20-/m1/s1. The maximum absolute atomic E-state index is 13.4. The molecule has 8 heteroatoms. The van der Waals surface area contributed by atoms with Crippen molar-refractivity contribution < 1.29 is 23.8 Å². The van der Waals surface area contributed by atoms with Crippen LogP contribution < -0.4 is 9.47 Å². The zero-order valence-corrected chi connectivity index (χ0v) is 17.3. The van der Waals surface area contributed by atoms with Gasteiger partial charge in [0.05, 0.1) is 25.5 Å². The second-order valence-electron chi connectivity index (χ2n) is 7.42. The Kier molecular flexibility index (Phi) is 6.42. The van der Waals surface area contributed by atoms with E-state index in [2.05, 4.69) is 5.10 Å². The van der Waals surface area contributed by atoms with Crippen LogP contribution in [0.15, 0.2) is 18.2 Å². The highest BCUT2D eigenvalue weighted by Crippen LogP contribution is 2.30. The van der Waals surface area contributed by atoms with Crippen LogP contribution in [0.2, 0.25) is 0 Å². The van der Waals surface area contributed by atoms with Crippen molar-refractivity contribution in [1.29, 1.82) is 0 Å². The Morgan fingerprint density at radius 1 is 1.34 bits per heavy atom. The van der Waals surface area contributed by atoms with Gasteiger partial charge in [0.25, 0.3) is 0 Å². The first-order valence-electron chi connectivity index (χ1n) is 9.75. The fourth-order valence-corrected chi connectivity index (χ4v) is 3.72. The van der Waals surface area contributed by atoms with E-state index in [1.54, 1.807) is 4.90 Å². The maximum Gasteiger partial charge on any atom is 0.223 e. The van der Waals surface area contributed by atoms with Crippen molar-refractivity contribution in [2.45, 2.75) is 45.3 Å². The van der Waals surface area contributed by atoms with Crippen molar-refractivity contribution in [2.24, 2.45) is 7.05 Å². The molecule has 0 saturated carbocycles. The summed E-state index contributed by atoms with van der Waals surface area (Å²) < 4.78 is 26.3. The van der Waals surface area contributed by atoms with E-state index < -0.39 is 18.0 Å². The first-order chi connectivity index (χ1) is 13.8. The molecule has 1 aliphatic heterocycles. The number of aryl methyl sites for hydroxylation is 2. The van der Waals surface area contributed by atoms with Gasteiger partial charge in [-0.2, -0.15) is 5.10 Å². The molecule has 1 amide bonds. The van der Waals surface area contributed by atoms with Crippen LogP contribution in [0.25, 0.3) is 0 Å². The second kappa shape index (κ2) is 8.82. The van der Waals surface area contributed by atoms with E-state index in [9.17, 15) is 14.3 Å². The Morgan fingerprint density at radius 3 is 2.76 bits per heavy atom. The molecule has 7 nitrogen and oxygen atoms in total. The lowest BCUT2D eigenvalue weighted by atomic mass is 10.0. The average molecular weight is 405 g/mol. The van der Waals surface area contributed by atoms with E-state index in [-0.39, 0.29) is 18.2 Å². The van der Waals surface area contributed by atoms with Crippen molar-refractivity contribution in [3.05, 3.63) is 41.0 Å². The van der Waals surface area contributed by atoms with Crippen molar-refractivity contribution >= 4 is 5.91 Å². The normalized spacial score (nSPS) is 19.3. The smallest absolute Gasteiger partial charge is 0.223 e. The van der Waals surface area contributed by atoms with Gasteiger partial charge in [0.2, 0.25) is 5.91 Å². The lowest BCUT2D eigenvalue weighted by molar-refractivity contribution is -0.136. The molecule has 1 aromatic carbocycles. The summed E-state index contributed by atoms with van der Waals surface area (Å²) in [6.45, 7) is 4.69. The van der Waals surface area contributed by atoms with E-state index >= 15 is 0 Å². The summed E-state index contributed by atoms with van der Waals surface area (Å²) in [5.41, 5.74) is 3.10. The van der Waals surface area contributed by atoms with Gasteiger partial charge in [-0.3, -0.25) is 9.48 Å². The van der Waals surface area contributed by atoms with Crippen LogP contribution >= 0.6 is 0 Å². The molecule has 1 aromatic heterocycles. The minimum absolute atomic E-state index is 0.0132. The Bertz CT molecular complexity index is 883. The van der Waals surface area contributed by atoms with Crippen LogP contribution in [0.1, 0.15) is 29.8 Å². The molecule has 1 aliphatic rings. The predicted octanol–water partition coefficient (Wildman–Crippen LogP) is 2.16. The molecule has 1 saturated heterocycles. The Morgan fingerprint density at radius 2 is 2.10 bits per heavy atom. The van der Waals surface area contributed by atoms with Gasteiger partial charge in [-0.15, -0.1) is 0 Å². The molecular weight excluding hydrogens is 377 g/mol. The Labute approximate surface area is 170 Å². The number of halogens is 1. The maximum atomic E-state index is 13.4. The molecule has 0 spiro atoms. The third kappa shape index (κ3) is 4.70. The average Bonchev–Trinajstić information content (AvgIpc) is 2.94. The Hall–Kier alpha value is -2.61. The minimum Gasteiger partial charge on any atom is -0.493 e. The lowest BCUT2D eigenvalue weighted by Gasteiger charge is -2.36. The monoisotopic (exact) mass is 405 g/mol. The number of carbonyl (C=O) groups excluding carboxylic acids is 1. The summed E-state index contributed by atoms with van der Waals surface area (Å²) in [5.74, 6) is 0.174. The SMILES string of the molecule is COc1cc(F)ccc1O[C@@H]1CN(C(=O)CCc2c(C)nn(C)c2C)CC[C@H]1O. The minimum atomic E-state index is -0.711. The zero-order chi connectivity index (χ0) is 21.1. The number of carbonyl (C=O) groups is 1. The van der Waals surface area contributed by atoms with E-state index in [1.807, 2.05) is 25.6 Å². The first kappa shape index (κ1) is 21.1. The number of benzene rings is 1. The topological polar surface area (TPSA) is 76.8 Å². The molecule has 0 unspecified atom stereocenters. The summed E-state index contributed by atoms with van der Waals surface area (Å²) in [6.07, 6.45) is 0.104. The number of aromatic nitrogens is 2. The summed E-state index contributed by atoms with van der Waals surface area (Å²) in [6, 6.07) is 3.97. The molecule has 0 bridgehead atoms. The number of aliphatic hydroxyl groups excluding tert-OH is 1. The number of aliphatic hydroxyl groups is 1. The number of hydrogen-bond donors (Lipinski definition) is 1. The van der Waals surface area contributed by atoms with E-state index in [1.165, 1.54) is 25.3 Å². The zero-order valence-electron chi connectivity index (χ0n) is 17.3. The van der Waals surface area contributed by atoms with Gasteiger partial charge in [0.1, 0.15) is 11.9 Å². The highest BCUT2D eigenvalue weighted by atomic mass is 19.1. The van der Waals surface area contributed by atoms with Crippen molar-refractivity contribution in [3.63, 3.8) is 0 Å². The number of methoxy groups -OCH3 is 1. The van der Waals surface area contributed by atoms with Crippen molar-refractivity contribution in [3.8, 4) is 11.5 Å². The number of nitrogens with zero attached hydrogens (tertiary/aromatic N) is 3. The Balaban J connectivity index is 1.63. The van der Waals surface area contributed by atoms with Crippen LogP contribution in [0.4, 0.5) is 4.39 Å². The number of amides is 1. The molecule has 1 fully saturated rings. The van der Waals surface area contributed by atoms with Gasteiger partial charge in [-0.1, -0.05) is 0 Å². The lowest BCUT2D eigenvalue weighted by Crippen LogP contribution is -2.51. The molecule has 158 valence electrons. The van der Waals surface area contributed by atoms with Crippen LogP contribution in [-0.2, 0) is 18.3 Å². The molecule has 3 rings (SSSR count). The number of rotatable bonds is 6. The predicted molar refractivity (Wildman–Crippen MR) is 106 cm³/mol. The van der Waals surface area contributed by atoms with Gasteiger partial charge >= 0.3 is 0 Å². The van der Waals surface area contributed by atoms with Gasteiger partial charge in [0.15, 0.2) is 11.5 Å². The molecule has 1 N–H and O–H groups in total. The third-order valence-electron chi connectivity index (χ3n) is 5.53. The summed E-state index contributed by atoms with van der Waals surface area (Å²) in [7, 11) is 3.32. The molecule has 0 radical (unpaired) electrons. The van der Waals surface area contributed by atoms with Crippen molar-refractivity contribution in [2.75, 3.05) is 20.2 Å². The van der Waals surface area contributed by atoms with Crippen LogP contribution in [0.3, 0.4) is 0 Å². The molecular formula is C21H28FN3O4. The summed E-state index contributed by atoms with van der Waals surface area (Å²) in [5, 5.41) is 14.7. The van der Waals surface area contributed by atoms with Crippen LogP contribution in [0.5, 0.6) is 11.5 Å². The largest absolute Gasteiger partial charge is 0.493 e. The fraction of sp³-hybridized carbons (Fsp3) is 0.524. The first-order valence-corrected chi connectivity index (χ1v) is 9.75. The second-order valence-corrected chi connectivity index (χ2v) is 7.42. The van der Waals surface area contributed by atoms with Gasteiger partial charge in [0, 0.05) is 31.8 Å². The van der Waals surface area contributed by atoms with E-state index in [0.29, 0.717) is 31.6 Å². The molecule has 2 heterocycles. The van der Waals surface area contributed by atoms with Crippen LogP contribution in [0, 0.1) is 19.7 Å². The highest BCUT2D eigenvalue weighted by molar-refractivity contribution is 5.76. The number of likely N-dealkylation sites (tertiary alicyclic amines) is 1. The van der Waals surface area contributed by atoms with E-state index in [4.69, 9.17) is 9.47 Å². The van der Waals surface area contributed by atoms with Gasteiger partial charge in [-0.25, -0.2) is 4.39 Å². The molecule has 29 heavy (non-hydrogen) atoms. The fourth-order valence-electron chi connectivity index (χ4n) is 3.72. The summed E-state index contributed by atoms with van der Waals surface area (Å²) >= 11 is 0. The highest BCUT2D eigenvalue weighted by Gasteiger charge is 2.32. The third-order valence-corrected chi connectivity index (χ3v) is 5.53. The van der Waals surface area contributed by atoms with E-state index in [0.717, 1.165) is 17.0 Å². The molecule has 2 aromatic rings.